The third-order valence-electron chi connectivity index (χ3n) is 3.23. The number of aliphatic hydroxyl groups excluding tert-OH is 1. The molecule has 0 aromatic heterocycles. The van der Waals surface area contributed by atoms with E-state index in [1.807, 2.05) is 49.4 Å². The molecule has 0 amide bonds. The summed E-state index contributed by atoms with van der Waals surface area (Å²) in [7, 11) is 0. The molecule has 2 aromatic rings. The van der Waals surface area contributed by atoms with E-state index in [9.17, 15) is 5.11 Å². The summed E-state index contributed by atoms with van der Waals surface area (Å²) in [6.07, 6.45) is 1.09. The number of nitrogens with two attached hydrogens (primary N) is 1. The first-order chi connectivity index (χ1) is 9.70. The standard InChI is InChI=1S/C17H21NO2/c1-2-6-17(19)15-11-14(9-10-16(15)18)20-12-13-7-4-3-5-8-13/h3-5,7-11,17,19H,2,6,12,18H2,1H3. The molecule has 0 saturated heterocycles. The summed E-state index contributed by atoms with van der Waals surface area (Å²) in [5.41, 5.74) is 8.38. The molecular formula is C17H21NO2. The molecular weight excluding hydrogens is 250 g/mol. The largest absolute Gasteiger partial charge is 0.489 e. The molecule has 0 spiro atoms. The van der Waals surface area contributed by atoms with Crippen LogP contribution in [0.2, 0.25) is 0 Å². The van der Waals surface area contributed by atoms with Crippen molar-refractivity contribution in [3.63, 3.8) is 0 Å². The van der Waals surface area contributed by atoms with Gasteiger partial charge in [0.05, 0.1) is 6.10 Å². The van der Waals surface area contributed by atoms with Gasteiger partial charge in [-0.05, 0) is 30.2 Å². The van der Waals surface area contributed by atoms with E-state index < -0.39 is 6.10 Å². The van der Waals surface area contributed by atoms with Crippen molar-refractivity contribution in [1.82, 2.24) is 0 Å². The minimum Gasteiger partial charge on any atom is -0.489 e. The molecule has 0 aliphatic heterocycles. The van der Waals surface area contributed by atoms with Gasteiger partial charge in [-0.1, -0.05) is 43.7 Å². The van der Waals surface area contributed by atoms with Crippen LogP contribution >= 0.6 is 0 Å². The first-order valence-electron chi connectivity index (χ1n) is 6.95. The van der Waals surface area contributed by atoms with Crippen molar-refractivity contribution in [2.45, 2.75) is 32.5 Å². The van der Waals surface area contributed by atoms with Crippen molar-refractivity contribution in [2.75, 3.05) is 5.73 Å². The molecule has 0 radical (unpaired) electrons. The van der Waals surface area contributed by atoms with E-state index in [2.05, 4.69) is 0 Å². The molecule has 0 saturated carbocycles. The van der Waals surface area contributed by atoms with Gasteiger partial charge in [0.15, 0.2) is 0 Å². The summed E-state index contributed by atoms with van der Waals surface area (Å²) < 4.78 is 5.75. The van der Waals surface area contributed by atoms with Crippen LogP contribution in [0.3, 0.4) is 0 Å². The van der Waals surface area contributed by atoms with Crippen LogP contribution in [0.4, 0.5) is 5.69 Å². The van der Waals surface area contributed by atoms with E-state index in [0.29, 0.717) is 18.7 Å². The zero-order valence-corrected chi connectivity index (χ0v) is 11.8. The Bertz CT molecular complexity index is 540. The number of ether oxygens (including phenoxy) is 1. The first kappa shape index (κ1) is 14.4. The van der Waals surface area contributed by atoms with Gasteiger partial charge in [-0.25, -0.2) is 0 Å². The second kappa shape index (κ2) is 6.96. The summed E-state index contributed by atoms with van der Waals surface area (Å²) in [4.78, 5) is 0. The second-order valence-electron chi connectivity index (χ2n) is 4.87. The maximum absolute atomic E-state index is 10.1. The minimum absolute atomic E-state index is 0.508. The van der Waals surface area contributed by atoms with Crippen LogP contribution in [0.1, 0.15) is 37.0 Å². The van der Waals surface area contributed by atoms with Gasteiger partial charge >= 0.3 is 0 Å². The highest BCUT2D eigenvalue weighted by atomic mass is 16.5. The lowest BCUT2D eigenvalue weighted by Crippen LogP contribution is -2.03. The Kier molecular flexibility index (Phi) is 5.02. The molecule has 1 unspecified atom stereocenters. The van der Waals surface area contributed by atoms with Crippen LogP contribution < -0.4 is 10.5 Å². The molecule has 3 N–H and O–H groups in total. The Hall–Kier alpha value is -2.00. The fourth-order valence-corrected chi connectivity index (χ4v) is 2.10. The van der Waals surface area contributed by atoms with Crippen LogP contribution in [0, 0.1) is 0 Å². The average molecular weight is 271 g/mol. The Morgan fingerprint density at radius 3 is 2.60 bits per heavy atom. The molecule has 2 rings (SSSR count). The van der Waals surface area contributed by atoms with E-state index in [4.69, 9.17) is 10.5 Å². The molecule has 2 aromatic carbocycles. The predicted octanol–water partition coefficient (Wildman–Crippen LogP) is 3.68. The van der Waals surface area contributed by atoms with Crippen molar-refractivity contribution in [1.29, 1.82) is 0 Å². The van der Waals surface area contributed by atoms with E-state index in [1.54, 1.807) is 6.07 Å². The summed E-state index contributed by atoms with van der Waals surface area (Å²) in [6.45, 7) is 2.54. The highest BCUT2D eigenvalue weighted by Gasteiger charge is 2.11. The summed E-state index contributed by atoms with van der Waals surface area (Å²) in [5.74, 6) is 0.730. The highest BCUT2D eigenvalue weighted by Crippen LogP contribution is 2.28. The van der Waals surface area contributed by atoms with Crippen LogP contribution in [-0.2, 0) is 6.61 Å². The Balaban J connectivity index is 2.07. The summed E-state index contributed by atoms with van der Waals surface area (Å²) in [5, 5.41) is 10.1. The Morgan fingerprint density at radius 1 is 1.15 bits per heavy atom. The van der Waals surface area contributed by atoms with Gasteiger partial charge in [-0.3, -0.25) is 0 Å². The molecule has 0 aliphatic carbocycles. The first-order valence-corrected chi connectivity index (χ1v) is 6.95. The van der Waals surface area contributed by atoms with Crippen LogP contribution in [-0.4, -0.2) is 5.11 Å². The predicted molar refractivity (Wildman–Crippen MR) is 81.5 cm³/mol. The third kappa shape index (κ3) is 3.75. The fraction of sp³-hybridized carbons (Fsp3) is 0.294. The zero-order valence-electron chi connectivity index (χ0n) is 11.8. The number of nitrogen functional groups attached to an aromatic ring is 1. The van der Waals surface area contributed by atoms with E-state index in [-0.39, 0.29) is 0 Å². The zero-order chi connectivity index (χ0) is 14.4. The Morgan fingerprint density at radius 2 is 1.90 bits per heavy atom. The van der Waals surface area contributed by atoms with Gasteiger partial charge < -0.3 is 15.6 Å². The van der Waals surface area contributed by atoms with Gasteiger partial charge in [-0.15, -0.1) is 0 Å². The van der Waals surface area contributed by atoms with E-state index >= 15 is 0 Å². The van der Waals surface area contributed by atoms with Crippen molar-refractivity contribution in [3.05, 3.63) is 59.7 Å². The van der Waals surface area contributed by atoms with Crippen molar-refractivity contribution in [2.24, 2.45) is 0 Å². The maximum atomic E-state index is 10.1. The summed E-state index contributed by atoms with van der Waals surface area (Å²) in [6, 6.07) is 15.4. The summed E-state index contributed by atoms with van der Waals surface area (Å²) >= 11 is 0. The number of benzene rings is 2. The van der Waals surface area contributed by atoms with Gasteiger partial charge in [-0.2, -0.15) is 0 Å². The molecule has 0 bridgehead atoms. The number of rotatable bonds is 6. The lowest BCUT2D eigenvalue weighted by Gasteiger charge is -2.14. The molecule has 3 nitrogen and oxygen atoms in total. The van der Waals surface area contributed by atoms with Gasteiger partial charge in [0.2, 0.25) is 0 Å². The van der Waals surface area contributed by atoms with Crippen LogP contribution in [0.25, 0.3) is 0 Å². The maximum Gasteiger partial charge on any atom is 0.120 e. The lowest BCUT2D eigenvalue weighted by molar-refractivity contribution is 0.166. The van der Waals surface area contributed by atoms with Gasteiger partial charge in [0.1, 0.15) is 12.4 Å². The molecule has 3 heteroatoms. The van der Waals surface area contributed by atoms with Crippen LogP contribution in [0.15, 0.2) is 48.5 Å². The van der Waals surface area contributed by atoms with Crippen molar-refractivity contribution >= 4 is 5.69 Å². The molecule has 106 valence electrons. The van der Waals surface area contributed by atoms with Crippen LogP contribution in [0.5, 0.6) is 5.75 Å². The van der Waals surface area contributed by atoms with Crippen molar-refractivity contribution in [3.8, 4) is 5.75 Å². The van der Waals surface area contributed by atoms with Gasteiger partial charge in [0.25, 0.3) is 0 Å². The quantitative estimate of drug-likeness (QED) is 0.788. The molecule has 1 atom stereocenters. The number of hydrogen-bond acceptors (Lipinski definition) is 3. The van der Waals surface area contributed by atoms with E-state index in [1.165, 1.54) is 0 Å². The topological polar surface area (TPSA) is 55.5 Å². The number of aliphatic hydroxyl groups is 1. The van der Waals surface area contributed by atoms with Crippen molar-refractivity contribution < 1.29 is 9.84 Å². The third-order valence-corrected chi connectivity index (χ3v) is 3.23. The average Bonchev–Trinajstić information content (AvgIpc) is 2.47. The molecule has 20 heavy (non-hydrogen) atoms. The molecule has 0 aliphatic rings. The fourth-order valence-electron chi connectivity index (χ4n) is 2.10. The molecule has 0 fully saturated rings. The SMILES string of the molecule is CCCC(O)c1cc(OCc2ccccc2)ccc1N. The Labute approximate surface area is 120 Å². The normalized spacial score (nSPS) is 12.1. The minimum atomic E-state index is -0.528. The number of hydrogen-bond donors (Lipinski definition) is 2. The lowest BCUT2D eigenvalue weighted by atomic mass is 10.0. The highest BCUT2D eigenvalue weighted by molar-refractivity contribution is 5.51. The smallest absolute Gasteiger partial charge is 0.120 e. The molecule has 0 heterocycles. The van der Waals surface area contributed by atoms with E-state index in [0.717, 1.165) is 23.3 Å². The van der Waals surface area contributed by atoms with Gasteiger partial charge in [0, 0.05) is 11.3 Å². The second-order valence-corrected chi connectivity index (χ2v) is 4.87. The monoisotopic (exact) mass is 271 g/mol. The number of anilines is 1.